The predicted molar refractivity (Wildman–Crippen MR) is 75.0 cm³/mol. The molecule has 1 rings (SSSR count). The molecule has 0 radical (unpaired) electrons. The molecule has 0 aliphatic carbocycles. The highest BCUT2D eigenvalue weighted by Gasteiger charge is 2.12. The second-order valence-electron chi connectivity index (χ2n) is 5.26. The Bertz CT molecular complexity index is 411. The van der Waals surface area contributed by atoms with Crippen LogP contribution >= 0.6 is 0 Å². The summed E-state index contributed by atoms with van der Waals surface area (Å²) in [6.45, 7) is 3.90. The molecule has 0 spiro atoms. The number of nitrogens with one attached hydrogen (secondary N) is 1. The minimum Gasteiger partial charge on any atom is -0.434 e. The van der Waals surface area contributed by atoms with Crippen molar-refractivity contribution in [2.75, 3.05) is 6.54 Å². The van der Waals surface area contributed by atoms with Crippen molar-refractivity contribution in [2.45, 2.75) is 46.5 Å². The fourth-order valence-corrected chi connectivity index (χ4v) is 2.23. The summed E-state index contributed by atoms with van der Waals surface area (Å²) in [6.07, 6.45) is 0.379. The van der Waals surface area contributed by atoms with E-state index in [2.05, 4.69) is 10.1 Å². The van der Waals surface area contributed by atoms with E-state index >= 15 is 0 Å². The molecule has 1 aromatic carbocycles. The maximum Gasteiger partial charge on any atom is 0.387 e. The molecule has 0 aliphatic heterocycles. The van der Waals surface area contributed by atoms with Gasteiger partial charge in [0.05, 0.1) is 6.10 Å². The Balaban J connectivity index is 2.57. The molecule has 114 valence electrons. The number of halogens is 2. The first kappa shape index (κ1) is 16.9. The van der Waals surface area contributed by atoms with Crippen molar-refractivity contribution in [3.63, 3.8) is 0 Å². The SMILES string of the molecule is Cc1cccc(CNCC(C)CC(C)O)c1OC(F)F. The summed E-state index contributed by atoms with van der Waals surface area (Å²) in [7, 11) is 0. The van der Waals surface area contributed by atoms with Gasteiger partial charge in [-0.25, -0.2) is 0 Å². The summed E-state index contributed by atoms with van der Waals surface area (Å²) < 4.78 is 29.4. The Morgan fingerprint density at radius 2 is 2.00 bits per heavy atom. The summed E-state index contributed by atoms with van der Waals surface area (Å²) in [5.41, 5.74) is 1.41. The van der Waals surface area contributed by atoms with Crippen LogP contribution in [0.3, 0.4) is 0 Å². The molecule has 1 aromatic rings. The van der Waals surface area contributed by atoms with E-state index in [1.807, 2.05) is 13.0 Å². The normalized spacial score (nSPS) is 14.3. The lowest BCUT2D eigenvalue weighted by Gasteiger charge is -2.16. The molecule has 5 heteroatoms. The van der Waals surface area contributed by atoms with Crippen molar-refractivity contribution < 1.29 is 18.6 Å². The van der Waals surface area contributed by atoms with Crippen LogP contribution in [0.1, 0.15) is 31.4 Å². The first-order valence-corrected chi connectivity index (χ1v) is 6.82. The lowest BCUT2D eigenvalue weighted by molar-refractivity contribution is -0.0509. The summed E-state index contributed by atoms with van der Waals surface area (Å²) in [5.74, 6) is 0.567. The fourth-order valence-electron chi connectivity index (χ4n) is 2.23. The van der Waals surface area contributed by atoms with E-state index in [-0.39, 0.29) is 11.9 Å². The molecule has 0 heterocycles. The van der Waals surface area contributed by atoms with Gasteiger partial charge in [0.15, 0.2) is 0 Å². The number of hydrogen-bond acceptors (Lipinski definition) is 3. The number of hydrogen-bond donors (Lipinski definition) is 2. The van der Waals surface area contributed by atoms with Crippen LogP contribution in [0.2, 0.25) is 0 Å². The van der Waals surface area contributed by atoms with Gasteiger partial charge < -0.3 is 15.2 Å². The van der Waals surface area contributed by atoms with Crippen molar-refractivity contribution in [3.05, 3.63) is 29.3 Å². The molecule has 0 aliphatic rings. The average Bonchev–Trinajstić information content (AvgIpc) is 2.32. The Kier molecular flexibility index (Phi) is 6.88. The topological polar surface area (TPSA) is 41.5 Å². The summed E-state index contributed by atoms with van der Waals surface area (Å²) in [5, 5.41) is 12.5. The molecule has 0 saturated carbocycles. The van der Waals surface area contributed by atoms with E-state index in [0.717, 1.165) is 5.56 Å². The van der Waals surface area contributed by atoms with Crippen molar-refractivity contribution >= 4 is 0 Å². The molecule has 0 bridgehead atoms. The third-order valence-corrected chi connectivity index (χ3v) is 3.05. The Labute approximate surface area is 119 Å². The highest BCUT2D eigenvalue weighted by atomic mass is 19.3. The van der Waals surface area contributed by atoms with Crippen LogP contribution < -0.4 is 10.1 Å². The number of rotatable bonds is 8. The molecule has 0 saturated heterocycles. The minimum absolute atomic E-state index is 0.248. The van der Waals surface area contributed by atoms with Gasteiger partial charge in [-0.3, -0.25) is 0 Å². The van der Waals surface area contributed by atoms with Crippen LogP contribution in [0.5, 0.6) is 5.75 Å². The summed E-state index contributed by atoms with van der Waals surface area (Å²) >= 11 is 0. The van der Waals surface area contributed by atoms with E-state index in [0.29, 0.717) is 31.0 Å². The quantitative estimate of drug-likeness (QED) is 0.772. The minimum atomic E-state index is -2.82. The standard InChI is InChI=1S/C15H23F2NO2/c1-10(7-12(3)19)8-18-9-13-6-4-5-11(2)14(13)20-15(16)17/h4-6,10,12,15,18-19H,7-9H2,1-3H3. The van der Waals surface area contributed by atoms with Crippen LogP contribution in [-0.4, -0.2) is 24.4 Å². The van der Waals surface area contributed by atoms with Gasteiger partial charge in [-0.05, 0) is 38.3 Å². The number of benzene rings is 1. The second-order valence-corrected chi connectivity index (χ2v) is 5.26. The van der Waals surface area contributed by atoms with Gasteiger partial charge in [-0.2, -0.15) is 8.78 Å². The molecular weight excluding hydrogens is 264 g/mol. The summed E-state index contributed by atoms with van der Waals surface area (Å²) in [4.78, 5) is 0. The third kappa shape index (κ3) is 5.84. The zero-order chi connectivity index (χ0) is 15.1. The van der Waals surface area contributed by atoms with Gasteiger partial charge in [-0.1, -0.05) is 25.1 Å². The zero-order valence-corrected chi connectivity index (χ0v) is 12.2. The molecule has 2 unspecified atom stereocenters. The lowest BCUT2D eigenvalue weighted by Crippen LogP contribution is -2.23. The highest BCUT2D eigenvalue weighted by molar-refractivity contribution is 5.40. The molecule has 2 atom stereocenters. The molecule has 0 fully saturated rings. The van der Waals surface area contributed by atoms with Crippen LogP contribution in [0.4, 0.5) is 8.78 Å². The number of aliphatic hydroxyl groups is 1. The van der Waals surface area contributed by atoms with E-state index in [1.165, 1.54) is 0 Å². The first-order chi connectivity index (χ1) is 9.40. The smallest absolute Gasteiger partial charge is 0.387 e. The Hall–Kier alpha value is -1.20. The van der Waals surface area contributed by atoms with Crippen LogP contribution in [0.25, 0.3) is 0 Å². The van der Waals surface area contributed by atoms with Crippen LogP contribution in [-0.2, 0) is 6.54 Å². The monoisotopic (exact) mass is 287 g/mol. The third-order valence-electron chi connectivity index (χ3n) is 3.05. The van der Waals surface area contributed by atoms with E-state index in [4.69, 9.17) is 0 Å². The van der Waals surface area contributed by atoms with Gasteiger partial charge in [-0.15, -0.1) is 0 Å². The van der Waals surface area contributed by atoms with Gasteiger partial charge in [0.1, 0.15) is 5.75 Å². The number of alkyl halides is 2. The number of ether oxygens (including phenoxy) is 1. The average molecular weight is 287 g/mol. The molecule has 0 aromatic heterocycles. The van der Waals surface area contributed by atoms with E-state index < -0.39 is 6.61 Å². The first-order valence-electron chi connectivity index (χ1n) is 6.82. The Morgan fingerprint density at radius 1 is 1.30 bits per heavy atom. The molecule has 20 heavy (non-hydrogen) atoms. The fraction of sp³-hybridized carbons (Fsp3) is 0.600. The predicted octanol–water partition coefficient (Wildman–Crippen LogP) is 3.09. The largest absolute Gasteiger partial charge is 0.434 e. The molecule has 3 nitrogen and oxygen atoms in total. The van der Waals surface area contributed by atoms with Crippen LogP contribution in [0.15, 0.2) is 18.2 Å². The van der Waals surface area contributed by atoms with Gasteiger partial charge in [0, 0.05) is 12.1 Å². The highest BCUT2D eigenvalue weighted by Crippen LogP contribution is 2.25. The maximum absolute atomic E-state index is 12.4. The number of para-hydroxylation sites is 1. The van der Waals surface area contributed by atoms with Crippen molar-refractivity contribution in [2.24, 2.45) is 5.92 Å². The Morgan fingerprint density at radius 3 is 2.60 bits per heavy atom. The second kappa shape index (κ2) is 8.17. The van der Waals surface area contributed by atoms with Gasteiger partial charge >= 0.3 is 6.61 Å². The maximum atomic E-state index is 12.4. The van der Waals surface area contributed by atoms with Gasteiger partial charge in [0.2, 0.25) is 0 Å². The van der Waals surface area contributed by atoms with Crippen LogP contribution in [0, 0.1) is 12.8 Å². The van der Waals surface area contributed by atoms with E-state index in [9.17, 15) is 13.9 Å². The number of aliphatic hydroxyl groups excluding tert-OH is 1. The van der Waals surface area contributed by atoms with Crippen molar-refractivity contribution in [1.82, 2.24) is 5.32 Å². The molecule has 0 amide bonds. The number of aryl methyl sites for hydroxylation is 1. The van der Waals surface area contributed by atoms with Crippen molar-refractivity contribution in [1.29, 1.82) is 0 Å². The van der Waals surface area contributed by atoms with E-state index in [1.54, 1.807) is 26.0 Å². The van der Waals surface area contributed by atoms with Crippen molar-refractivity contribution in [3.8, 4) is 5.75 Å². The summed E-state index contributed by atoms with van der Waals surface area (Å²) in [6, 6.07) is 5.35. The molecular formula is C15H23F2NO2. The molecule has 2 N–H and O–H groups in total. The zero-order valence-electron chi connectivity index (χ0n) is 12.2. The van der Waals surface area contributed by atoms with Gasteiger partial charge in [0.25, 0.3) is 0 Å². The lowest BCUT2D eigenvalue weighted by atomic mass is 10.0.